The van der Waals surface area contributed by atoms with Crippen LogP contribution in [0.4, 0.5) is 0 Å². The van der Waals surface area contributed by atoms with E-state index in [0.717, 1.165) is 6.42 Å². The highest BCUT2D eigenvalue weighted by Crippen LogP contribution is 2.07. The lowest BCUT2D eigenvalue weighted by molar-refractivity contribution is 0.594. The Hall–Kier alpha value is -0.440. The first-order chi connectivity index (χ1) is 5.91. The fourth-order valence-electron chi connectivity index (χ4n) is 1.30. The van der Waals surface area contributed by atoms with Crippen molar-refractivity contribution in [1.82, 2.24) is 0 Å². The molecule has 0 aromatic rings. The molecule has 0 heterocycles. The second kappa shape index (κ2) is 10.6. The standard InChI is InChI=1S/C12H22/c1-3-5-7-9-11-12-10-8-6-4-2/h3,5,7-12H2,1-2H3. The fraction of sp³-hybridized carbons (Fsp3) is 0.833. The van der Waals surface area contributed by atoms with Crippen molar-refractivity contribution in [3.63, 3.8) is 0 Å². The van der Waals surface area contributed by atoms with Crippen LogP contribution in [0.1, 0.15) is 65.2 Å². The molecule has 0 rings (SSSR count). The highest BCUT2D eigenvalue weighted by molar-refractivity contribution is 4.94. The maximum absolute atomic E-state index is 3.10. The van der Waals surface area contributed by atoms with E-state index in [4.69, 9.17) is 0 Å². The van der Waals surface area contributed by atoms with E-state index in [0.29, 0.717) is 0 Å². The second-order valence-electron chi connectivity index (χ2n) is 3.30. The average Bonchev–Trinajstić information content (AvgIpc) is 2.10. The monoisotopic (exact) mass is 166 g/mol. The maximum Gasteiger partial charge on any atom is 0.00885 e. The van der Waals surface area contributed by atoms with Gasteiger partial charge in [-0.3, -0.25) is 0 Å². The molecule has 0 aromatic carbocycles. The van der Waals surface area contributed by atoms with Gasteiger partial charge in [-0.2, -0.15) is 0 Å². The van der Waals surface area contributed by atoms with Gasteiger partial charge >= 0.3 is 0 Å². The predicted molar refractivity (Wildman–Crippen MR) is 56.1 cm³/mol. The van der Waals surface area contributed by atoms with E-state index in [1.807, 2.05) is 6.92 Å². The summed E-state index contributed by atoms with van der Waals surface area (Å²) in [7, 11) is 0. The first kappa shape index (κ1) is 11.6. The molecule has 0 spiro atoms. The Bertz CT molecular complexity index is 125. The summed E-state index contributed by atoms with van der Waals surface area (Å²) in [5.74, 6) is 6.03. The molecule has 0 aliphatic rings. The largest absolute Gasteiger partial charge is 0.107 e. The number of unbranched alkanes of at least 4 members (excludes halogenated alkanes) is 7. The van der Waals surface area contributed by atoms with Gasteiger partial charge in [0.25, 0.3) is 0 Å². The van der Waals surface area contributed by atoms with E-state index in [1.54, 1.807) is 0 Å². The summed E-state index contributed by atoms with van der Waals surface area (Å²) in [6.45, 7) is 4.18. The lowest BCUT2D eigenvalue weighted by atomic mass is 10.1. The quantitative estimate of drug-likeness (QED) is 0.393. The van der Waals surface area contributed by atoms with Gasteiger partial charge in [0.05, 0.1) is 0 Å². The van der Waals surface area contributed by atoms with Gasteiger partial charge in [-0.1, -0.05) is 45.4 Å². The third-order valence-electron chi connectivity index (χ3n) is 2.08. The van der Waals surface area contributed by atoms with Crippen molar-refractivity contribution in [2.24, 2.45) is 0 Å². The SMILES string of the molecule is CC#CCCCCCCCCC. The Kier molecular flexibility index (Phi) is 10.2. The van der Waals surface area contributed by atoms with Crippen molar-refractivity contribution in [3.05, 3.63) is 0 Å². The minimum absolute atomic E-state index is 1.10. The maximum atomic E-state index is 3.10. The molecule has 0 aliphatic heterocycles. The summed E-state index contributed by atoms with van der Waals surface area (Å²) in [6.07, 6.45) is 10.8. The number of rotatable bonds is 7. The molecule has 0 N–H and O–H groups in total. The minimum Gasteiger partial charge on any atom is -0.107 e. The Balaban J connectivity index is 2.84. The second-order valence-corrected chi connectivity index (χ2v) is 3.30. The zero-order valence-corrected chi connectivity index (χ0v) is 8.66. The van der Waals surface area contributed by atoms with Crippen molar-refractivity contribution in [2.75, 3.05) is 0 Å². The summed E-state index contributed by atoms with van der Waals surface area (Å²) in [5.41, 5.74) is 0. The van der Waals surface area contributed by atoms with E-state index in [1.165, 1.54) is 44.9 Å². The molecule has 0 atom stereocenters. The van der Waals surface area contributed by atoms with Crippen molar-refractivity contribution in [1.29, 1.82) is 0 Å². The van der Waals surface area contributed by atoms with Crippen LogP contribution >= 0.6 is 0 Å². The van der Waals surface area contributed by atoms with E-state index in [-0.39, 0.29) is 0 Å². The third kappa shape index (κ3) is 9.56. The average molecular weight is 166 g/mol. The van der Waals surface area contributed by atoms with Gasteiger partial charge < -0.3 is 0 Å². The summed E-state index contributed by atoms with van der Waals surface area (Å²) < 4.78 is 0. The minimum atomic E-state index is 1.10. The molecule has 0 bridgehead atoms. The van der Waals surface area contributed by atoms with Crippen LogP contribution in [0.3, 0.4) is 0 Å². The lowest BCUT2D eigenvalue weighted by Crippen LogP contribution is -1.78. The molecule has 0 saturated heterocycles. The first-order valence-electron chi connectivity index (χ1n) is 5.31. The number of hydrogen-bond donors (Lipinski definition) is 0. The summed E-state index contributed by atoms with van der Waals surface area (Å²) in [4.78, 5) is 0. The van der Waals surface area contributed by atoms with Gasteiger partial charge in [-0.15, -0.1) is 11.8 Å². The Labute approximate surface area is 77.8 Å². The molecule has 0 amide bonds. The van der Waals surface area contributed by atoms with Crippen LogP contribution in [-0.2, 0) is 0 Å². The van der Waals surface area contributed by atoms with E-state index in [2.05, 4.69) is 18.8 Å². The molecule has 0 unspecified atom stereocenters. The van der Waals surface area contributed by atoms with Crippen LogP contribution in [0.2, 0.25) is 0 Å². The zero-order chi connectivity index (χ0) is 9.07. The van der Waals surface area contributed by atoms with Crippen molar-refractivity contribution in [3.8, 4) is 11.8 Å². The van der Waals surface area contributed by atoms with Crippen LogP contribution in [0.25, 0.3) is 0 Å². The molecule has 0 heteroatoms. The van der Waals surface area contributed by atoms with Crippen molar-refractivity contribution in [2.45, 2.75) is 65.2 Å². The van der Waals surface area contributed by atoms with Crippen LogP contribution < -0.4 is 0 Å². The number of hydrogen-bond acceptors (Lipinski definition) is 0. The Morgan fingerprint density at radius 1 is 0.833 bits per heavy atom. The molecule has 70 valence electrons. The fourth-order valence-corrected chi connectivity index (χ4v) is 1.30. The van der Waals surface area contributed by atoms with E-state index >= 15 is 0 Å². The Morgan fingerprint density at radius 3 is 2.00 bits per heavy atom. The highest BCUT2D eigenvalue weighted by Gasteiger charge is 1.88. The lowest BCUT2D eigenvalue weighted by Gasteiger charge is -1.97. The zero-order valence-electron chi connectivity index (χ0n) is 8.66. The Morgan fingerprint density at radius 2 is 1.42 bits per heavy atom. The van der Waals surface area contributed by atoms with Gasteiger partial charge in [-0.25, -0.2) is 0 Å². The summed E-state index contributed by atoms with van der Waals surface area (Å²) in [6, 6.07) is 0. The van der Waals surface area contributed by atoms with Gasteiger partial charge in [0.2, 0.25) is 0 Å². The molecule has 0 nitrogen and oxygen atoms in total. The van der Waals surface area contributed by atoms with Gasteiger partial charge in [0.1, 0.15) is 0 Å². The smallest absolute Gasteiger partial charge is 0.00885 e. The summed E-state index contributed by atoms with van der Waals surface area (Å²) in [5, 5.41) is 0. The summed E-state index contributed by atoms with van der Waals surface area (Å²) >= 11 is 0. The van der Waals surface area contributed by atoms with Gasteiger partial charge in [-0.05, 0) is 13.3 Å². The van der Waals surface area contributed by atoms with Crippen LogP contribution in [0.15, 0.2) is 0 Å². The molecule has 0 fully saturated rings. The predicted octanol–water partition coefficient (Wildman–Crippen LogP) is 4.15. The molecule has 0 aliphatic carbocycles. The topological polar surface area (TPSA) is 0 Å². The van der Waals surface area contributed by atoms with Crippen LogP contribution in [0, 0.1) is 11.8 Å². The molecule has 0 saturated carbocycles. The van der Waals surface area contributed by atoms with E-state index in [9.17, 15) is 0 Å². The van der Waals surface area contributed by atoms with Crippen molar-refractivity contribution < 1.29 is 0 Å². The molecular formula is C12H22. The van der Waals surface area contributed by atoms with Crippen LogP contribution in [0.5, 0.6) is 0 Å². The molecule has 12 heavy (non-hydrogen) atoms. The highest BCUT2D eigenvalue weighted by atomic mass is 13.9. The van der Waals surface area contributed by atoms with Gasteiger partial charge in [0, 0.05) is 6.42 Å². The first-order valence-corrected chi connectivity index (χ1v) is 5.31. The third-order valence-corrected chi connectivity index (χ3v) is 2.08. The van der Waals surface area contributed by atoms with Gasteiger partial charge in [0.15, 0.2) is 0 Å². The molecular weight excluding hydrogens is 144 g/mol. The normalized spacial score (nSPS) is 9.17. The van der Waals surface area contributed by atoms with E-state index < -0.39 is 0 Å². The molecule has 0 aromatic heterocycles. The molecule has 0 radical (unpaired) electrons. The van der Waals surface area contributed by atoms with Crippen LogP contribution in [-0.4, -0.2) is 0 Å². The van der Waals surface area contributed by atoms with Crippen molar-refractivity contribution >= 4 is 0 Å².